The number of esters is 4. The van der Waals surface area contributed by atoms with Crippen molar-refractivity contribution < 1.29 is 80.2 Å². The summed E-state index contributed by atoms with van der Waals surface area (Å²) in [4.78, 5) is 72.8. The van der Waals surface area contributed by atoms with Gasteiger partial charge in [-0.25, -0.2) is 9.13 Å². The number of unbranched alkanes of at least 4 members (excludes halogenated alkanes) is 38. The Bertz CT molecular complexity index is 1870. The van der Waals surface area contributed by atoms with Crippen LogP contribution in [0, 0.1) is 23.7 Å². The molecule has 19 heteroatoms. The molecule has 0 saturated carbocycles. The molecule has 0 radical (unpaired) electrons. The van der Waals surface area contributed by atoms with Crippen molar-refractivity contribution in [1.82, 2.24) is 0 Å². The first-order valence-corrected chi connectivity index (χ1v) is 42.2. The molecule has 564 valence electrons. The SMILES string of the molecule is CCC(C)CCCCCCCCCCCCC(=O)O[C@H](COC(=O)CCCCCCCCCCCCCCCCC(C)C)COP(=O)(O)OC[C@@H](O)COP(=O)(O)OC[C@@H](COC(=O)CCCCCCCCC(C)C)OC(=O)CCCCCCCCCCCCCCC(C)C. The van der Waals surface area contributed by atoms with Crippen LogP contribution < -0.4 is 0 Å². The van der Waals surface area contributed by atoms with E-state index in [1.54, 1.807) is 0 Å². The highest BCUT2D eigenvalue weighted by atomic mass is 31.2. The number of rotatable bonds is 73. The fourth-order valence-electron chi connectivity index (χ4n) is 11.5. The fourth-order valence-corrected chi connectivity index (χ4v) is 13.1. The van der Waals surface area contributed by atoms with E-state index in [0.29, 0.717) is 31.6 Å². The van der Waals surface area contributed by atoms with Crippen molar-refractivity contribution >= 4 is 39.5 Å². The lowest BCUT2D eigenvalue weighted by atomic mass is 9.99. The van der Waals surface area contributed by atoms with Crippen molar-refractivity contribution in [2.75, 3.05) is 39.6 Å². The van der Waals surface area contributed by atoms with Crippen molar-refractivity contribution in [2.24, 2.45) is 23.7 Å². The molecule has 0 aliphatic carbocycles. The Kier molecular flexibility index (Phi) is 64.0. The Morgan fingerprint density at radius 1 is 0.295 bits per heavy atom. The summed E-state index contributed by atoms with van der Waals surface area (Å²) in [7, 11) is -9.91. The molecular formula is C76H148O17P2. The minimum absolute atomic E-state index is 0.105. The van der Waals surface area contributed by atoms with Gasteiger partial charge in [-0.05, 0) is 49.4 Å². The number of carbonyl (C=O) groups is 4. The molecule has 0 bridgehead atoms. The average molecular weight is 1400 g/mol. The maximum absolute atomic E-state index is 13.1. The molecule has 0 aromatic heterocycles. The van der Waals surface area contributed by atoms with Crippen LogP contribution in [0.25, 0.3) is 0 Å². The van der Waals surface area contributed by atoms with Gasteiger partial charge in [-0.3, -0.25) is 37.3 Å². The van der Waals surface area contributed by atoms with Crippen LogP contribution in [0.15, 0.2) is 0 Å². The van der Waals surface area contributed by atoms with E-state index in [4.69, 9.17) is 37.0 Å². The Balaban J connectivity index is 5.24. The number of aliphatic hydroxyl groups is 1. The van der Waals surface area contributed by atoms with Crippen molar-refractivity contribution in [1.29, 1.82) is 0 Å². The quantitative estimate of drug-likeness (QED) is 0.0222. The van der Waals surface area contributed by atoms with Gasteiger partial charge in [0.15, 0.2) is 12.2 Å². The zero-order valence-corrected chi connectivity index (χ0v) is 64.1. The predicted octanol–water partition coefficient (Wildman–Crippen LogP) is 22.0. The molecule has 0 aliphatic rings. The van der Waals surface area contributed by atoms with Gasteiger partial charge in [-0.1, -0.05) is 331 Å². The lowest BCUT2D eigenvalue weighted by Crippen LogP contribution is -2.30. The summed E-state index contributed by atoms with van der Waals surface area (Å²) in [5.74, 6) is 0.936. The summed E-state index contributed by atoms with van der Waals surface area (Å²) in [5.41, 5.74) is 0. The molecule has 6 atom stereocenters. The number of hydrogen-bond acceptors (Lipinski definition) is 15. The van der Waals surface area contributed by atoms with Gasteiger partial charge in [0.2, 0.25) is 0 Å². The molecule has 0 aromatic rings. The number of hydrogen-bond donors (Lipinski definition) is 3. The van der Waals surface area contributed by atoms with Gasteiger partial charge >= 0.3 is 39.5 Å². The number of carbonyl (C=O) groups excluding carboxylic acids is 4. The highest BCUT2D eigenvalue weighted by Gasteiger charge is 2.30. The number of phosphoric acid groups is 2. The maximum atomic E-state index is 13.1. The van der Waals surface area contributed by atoms with E-state index >= 15 is 0 Å². The van der Waals surface area contributed by atoms with Gasteiger partial charge in [0.1, 0.15) is 19.3 Å². The lowest BCUT2D eigenvalue weighted by molar-refractivity contribution is -0.161. The third kappa shape index (κ3) is 69.0. The fraction of sp³-hybridized carbons (Fsp3) is 0.947. The second-order valence-corrected chi connectivity index (χ2v) is 32.0. The largest absolute Gasteiger partial charge is 0.472 e. The molecule has 0 saturated heterocycles. The third-order valence-corrected chi connectivity index (χ3v) is 19.8. The van der Waals surface area contributed by atoms with Crippen LogP contribution in [0.3, 0.4) is 0 Å². The first kappa shape index (κ1) is 93.1. The number of aliphatic hydroxyl groups excluding tert-OH is 1. The van der Waals surface area contributed by atoms with E-state index in [9.17, 15) is 43.2 Å². The Morgan fingerprint density at radius 3 is 0.747 bits per heavy atom. The van der Waals surface area contributed by atoms with Gasteiger partial charge in [0, 0.05) is 25.7 Å². The molecule has 95 heavy (non-hydrogen) atoms. The Labute approximate surface area is 581 Å². The van der Waals surface area contributed by atoms with Crippen molar-refractivity contribution in [3.63, 3.8) is 0 Å². The first-order chi connectivity index (χ1) is 45.6. The zero-order chi connectivity index (χ0) is 70.3. The smallest absolute Gasteiger partial charge is 0.462 e. The van der Waals surface area contributed by atoms with Gasteiger partial charge in [-0.15, -0.1) is 0 Å². The standard InChI is InChI=1S/C76H148O17P2/c1-9-69(8)55-47-39-30-24-20-21-27-33-43-51-59-76(81)92-71(62-86-73(78)56-48-40-31-25-18-13-11-10-12-16-22-28-36-44-52-66(2)3)64-90-94(82,83)88-60-70(77)61-89-95(84,85)91-65-72(63-87-74(79)57-49-41-35-34-38-46-54-68(6)7)93-75(80)58-50-42-32-26-19-15-14-17-23-29-37-45-53-67(4)5/h66-72,77H,9-65H2,1-8H3,(H,82,83)(H,84,85)/t69?,70-,71-,72-/m1/s1. The molecule has 17 nitrogen and oxygen atoms in total. The van der Waals surface area contributed by atoms with Gasteiger partial charge < -0.3 is 33.8 Å². The van der Waals surface area contributed by atoms with E-state index in [2.05, 4.69) is 55.4 Å². The topological polar surface area (TPSA) is 237 Å². The summed E-state index contributed by atoms with van der Waals surface area (Å²) in [6, 6.07) is 0. The van der Waals surface area contributed by atoms with Crippen LogP contribution >= 0.6 is 15.6 Å². The molecule has 0 heterocycles. The van der Waals surface area contributed by atoms with Crippen molar-refractivity contribution in [3.8, 4) is 0 Å². The van der Waals surface area contributed by atoms with E-state index < -0.39 is 97.5 Å². The molecule has 0 aliphatic heterocycles. The van der Waals surface area contributed by atoms with Crippen LogP contribution in [0.4, 0.5) is 0 Å². The van der Waals surface area contributed by atoms with Crippen molar-refractivity contribution in [3.05, 3.63) is 0 Å². The Morgan fingerprint density at radius 2 is 0.505 bits per heavy atom. The second kappa shape index (κ2) is 65.4. The van der Waals surface area contributed by atoms with Crippen LogP contribution in [-0.4, -0.2) is 96.7 Å². The first-order valence-electron chi connectivity index (χ1n) is 39.2. The molecule has 0 amide bonds. The van der Waals surface area contributed by atoms with E-state index in [1.165, 1.54) is 180 Å². The molecule has 3 unspecified atom stereocenters. The van der Waals surface area contributed by atoms with Gasteiger partial charge in [0.05, 0.1) is 26.4 Å². The van der Waals surface area contributed by atoms with E-state index in [0.717, 1.165) is 114 Å². The van der Waals surface area contributed by atoms with Crippen molar-refractivity contribution in [2.45, 2.75) is 401 Å². The summed E-state index contributed by atoms with van der Waals surface area (Å²) in [6.45, 7) is 14.2. The minimum atomic E-state index is -4.96. The summed E-state index contributed by atoms with van der Waals surface area (Å²) >= 11 is 0. The van der Waals surface area contributed by atoms with Crippen LogP contribution in [0.2, 0.25) is 0 Å². The predicted molar refractivity (Wildman–Crippen MR) is 386 cm³/mol. The third-order valence-electron chi connectivity index (χ3n) is 17.9. The monoisotopic (exact) mass is 1400 g/mol. The van der Waals surface area contributed by atoms with Gasteiger partial charge in [-0.2, -0.15) is 0 Å². The number of ether oxygens (including phenoxy) is 4. The van der Waals surface area contributed by atoms with Crippen LogP contribution in [-0.2, 0) is 65.4 Å². The van der Waals surface area contributed by atoms with E-state index in [-0.39, 0.29) is 25.7 Å². The van der Waals surface area contributed by atoms with E-state index in [1.807, 2.05) is 0 Å². The number of phosphoric ester groups is 2. The van der Waals surface area contributed by atoms with Gasteiger partial charge in [0.25, 0.3) is 0 Å². The zero-order valence-electron chi connectivity index (χ0n) is 62.3. The summed E-state index contributed by atoms with van der Waals surface area (Å²) in [6.07, 6.45) is 50.0. The highest BCUT2D eigenvalue weighted by molar-refractivity contribution is 7.47. The molecule has 3 N–H and O–H groups in total. The normalized spacial score (nSPS) is 14.4. The maximum Gasteiger partial charge on any atom is 0.472 e. The molecule has 0 spiro atoms. The lowest BCUT2D eigenvalue weighted by Gasteiger charge is -2.21. The average Bonchev–Trinajstić information content (AvgIpc) is 2.75. The molecule has 0 fully saturated rings. The second-order valence-electron chi connectivity index (χ2n) is 29.1. The molecule has 0 aromatic carbocycles. The minimum Gasteiger partial charge on any atom is -0.462 e. The summed E-state index contributed by atoms with van der Waals surface area (Å²) < 4.78 is 68.5. The highest BCUT2D eigenvalue weighted by Crippen LogP contribution is 2.45. The Hall–Kier alpha value is -1.94. The summed E-state index contributed by atoms with van der Waals surface area (Å²) in [5, 5.41) is 10.6. The van der Waals surface area contributed by atoms with Crippen LogP contribution in [0.5, 0.6) is 0 Å². The molecule has 0 rings (SSSR count). The molecular weight excluding hydrogens is 1250 g/mol. The van der Waals surface area contributed by atoms with Crippen LogP contribution in [0.1, 0.15) is 383 Å².